The van der Waals surface area contributed by atoms with E-state index in [-0.39, 0.29) is 5.75 Å². The molecule has 3 rings (SSSR count). The fourth-order valence-electron chi connectivity index (χ4n) is 2.74. The Kier molecular flexibility index (Phi) is 4.34. The Morgan fingerprint density at radius 3 is 2.58 bits per heavy atom. The molecule has 132 valence electrons. The molecule has 0 atom stereocenters. The molecule has 3 N–H and O–H groups in total. The zero-order valence-corrected chi connectivity index (χ0v) is 14.6. The lowest BCUT2D eigenvalue weighted by atomic mass is 9.98. The van der Waals surface area contributed by atoms with Crippen molar-refractivity contribution in [2.24, 2.45) is 5.73 Å². The van der Waals surface area contributed by atoms with Crippen molar-refractivity contribution in [3.05, 3.63) is 82.9 Å². The summed E-state index contributed by atoms with van der Waals surface area (Å²) in [5, 5.41) is 3.06. The van der Waals surface area contributed by atoms with Gasteiger partial charge in [0.1, 0.15) is 5.75 Å². The van der Waals surface area contributed by atoms with Crippen molar-refractivity contribution in [3.8, 4) is 16.9 Å². The Bertz CT molecular complexity index is 1020. The lowest BCUT2D eigenvalue weighted by molar-refractivity contribution is 0.259. The van der Waals surface area contributed by atoms with Gasteiger partial charge >= 0.3 is 6.03 Å². The topological polar surface area (TPSA) is 64.3 Å². The minimum atomic E-state index is -2.56. The number of carbonyl (C=O) groups is 1. The van der Waals surface area contributed by atoms with Crippen LogP contribution in [0.3, 0.4) is 0 Å². The first-order chi connectivity index (χ1) is 13.7. The number of amides is 2. The number of hydrogen-bond acceptors (Lipinski definition) is 2. The summed E-state index contributed by atoms with van der Waals surface area (Å²) in [5.74, 6) is 0.261. The molecule has 0 bridgehead atoms. The summed E-state index contributed by atoms with van der Waals surface area (Å²) in [7, 11) is -2.56. The Morgan fingerprint density at radius 2 is 1.88 bits per heavy atom. The molecule has 26 heavy (non-hydrogen) atoms. The van der Waals surface area contributed by atoms with E-state index in [1.165, 1.54) is 0 Å². The van der Waals surface area contributed by atoms with Gasteiger partial charge in [0.05, 0.1) is 11.2 Å². The number of nitrogens with one attached hydrogen (secondary N) is 1. The van der Waals surface area contributed by atoms with Crippen molar-refractivity contribution in [1.82, 2.24) is 0 Å². The number of urea groups is 1. The first-order valence-corrected chi connectivity index (χ1v) is 8.31. The standard InChI is InChI=1S/C21H19ClN2O2/c1-26-20-10-7-15(12-19(20)16-3-2-4-17(22)13-16)11-14-5-8-18(9-6-14)24-21(23)25/h2-10,12-13H,11H2,1H3,(H3,23,24,25)/i1D3. The molecule has 4 nitrogen and oxygen atoms in total. The number of primary amides is 1. The van der Waals surface area contributed by atoms with Gasteiger partial charge in [0.25, 0.3) is 0 Å². The second-order valence-corrected chi connectivity index (χ2v) is 6.24. The smallest absolute Gasteiger partial charge is 0.316 e. The van der Waals surface area contributed by atoms with Gasteiger partial charge in [-0.1, -0.05) is 41.9 Å². The number of methoxy groups -OCH3 is 1. The van der Waals surface area contributed by atoms with Crippen molar-refractivity contribution in [2.75, 3.05) is 12.4 Å². The Balaban J connectivity index is 1.92. The monoisotopic (exact) mass is 369 g/mol. The molecule has 5 heteroatoms. The summed E-state index contributed by atoms with van der Waals surface area (Å²) < 4.78 is 27.4. The average molecular weight is 370 g/mol. The van der Waals surface area contributed by atoms with Gasteiger partial charge in [0.15, 0.2) is 0 Å². The van der Waals surface area contributed by atoms with Crippen LogP contribution in [0.1, 0.15) is 15.2 Å². The van der Waals surface area contributed by atoms with Gasteiger partial charge in [-0.05, 0) is 59.5 Å². The van der Waals surface area contributed by atoms with Crippen LogP contribution in [0.15, 0.2) is 66.7 Å². The predicted octanol–water partition coefficient (Wildman–Crippen LogP) is 5.10. The van der Waals surface area contributed by atoms with Gasteiger partial charge < -0.3 is 15.8 Å². The molecule has 0 aliphatic carbocycles. The summed E-state index contributed by atoms with van der Waals surface area (Å²) in [6, 6.07) is 19.2. The molecule has 0 saturated heterocycles. The Labute approximate surface area is 161 Å². The normalized spacial score (nSPS) is 12.6. The largest absolute Gasteiger partial charge is 0.496 e. The molecule has 0 heterocycles. The van der Waals surface area contributed by atoms with E-state index in [2.05, 4.69) is 5.32 Å². The molecule has 0 saturated carbocycles. The van der Waals surface area contributed by atoms with Crippen LogP contribution in [0.2, 0.25) is 5.02 Å². The van der Waals surface area contributed by atoms with Crippen LogP contribution in [0.5, 0.6) is 5.75 Å². The third-order valence-corrected chi connectivity index (χ3v) is 4.15. The highest BCUT2D eigenvalue weighted by Crippen LogP contribution is 2.33. The Morgan fingerprint density at radius 1 is 1.12 bits per heavy atom. The third kappa shape index (κ3) is 4.35. The lowest BCUT2D eigenvalue weighted by Gasteiger charge is -2.12. The van der Waals surface area contributed by atoms with Gasteiger partial charge in [0, 0.05) is 16.3 Å². The number of rotatable bonds is 5. The number of hydrogen-bond donors (Lipinski definition) is 2. The number of benzene rings is 3. The number of anilines is 1. The van der Waals surface area contributed by atoms with Crippen molar-refractivity contribution < 1.29 is 13.6 Å². The van der Waals surface area contributed by atoms with Crippen molar-refractivity contribution >= 4 is 23.3 Å². The predicted molar refractivity (Wildman–Crippen MR) is 106 cm³/mol. The van der Waals surface area contributed by atoms with E-state index in [1.807, 2.05) is 30.3 Å². The molecule has 0 fully saturated rings. The second-order valence-electron chi connectivity index (χ2n) is 5.81. The Hall–Kier alpha value is -2.98. The summed E-state index contributed by atoms with van der Waals surface area (Å²) in [4.78, 5) is 10.9. The summed E-state index contributed by atoms with van der Waals surface area (Å²) in [6.45, 7) is 0. The number of nitrogens with two attached hydrogens (primary N) is 1. The molecule has 0 aromatic heterocycles. The third-order valence-electron chi connectivity index (χ3n) is 3.92. The minimum Gasteiger partial charge on any atom is -0.496 e. The molecular weight excluding hydrogens is 348 g/mol. The zero-order valence-electron chi connectivity index (χ0n) is 16.8. The molecular formula is C21H19ClN2O2. The highest BCUT2D eigenvalue weighted by atomic mass is 35.5. The zero-order chi connectivity index (χ0) is 21.0. The van der Waals surface area contributed by atoms with Crippen LogP contribution in [-0.4, -0.2) is 13.1 Å². The van der Waals surface area contributed by atoms with E-state index in [0.717, 1.165) is 16.7 Å². The summed E-state index contributed by atoms with van der Waals surface area (Å²) >= 11 is 6.11. The number of carbonyl (C=O) groups excluding carboxylic acids is 1. The molecule has 0 unspecified atom stereocenters. The van der Waals surface area contributed by atoms with Crippen LogP contribution in [-0.2, 0) is 6.42 Å². The maximum Gasteiger partial charge on any atom is 0.316 e. The van der Waals surface area contributed by atoms with Crippen LogP contribution in [0, 0.1) is 0 Å². The minimum absolute atomic E-state index is 0.261. The molecule has 0 radical (unpaired) electrons. The van der Waals surface area contributed by atoms with Gasteiger partial charge in [-0.3, -0.25) is 0 Å². The van der Waals surface area contributed by atoms with Crippen LogP contribution >= 0.6 is 11.6 Å². The van der Waals surface area contributed by atoms with E-state index in [1.54, 1.807) is 36.4 Å². The maximum absolute atomic E-state index is 10.9. The van der Waals surface area contributed by atoms with E-state index >= 15 is 0 Å². The second kappa shape index (κ2) is 7.93. The van der Waals surface area contributed by atoms with Gasteiger partial charge in [-0.15, -0.1) is 0 Å². The lowest BCUT2D eigenvalue weighted by Crippen LogP contribution is -2.19. The SMILES string of the molecule is [2H]C([2H])([2H])Oc1ccc(Cc2ccc(NC(N)=O)cc2)cc1-c1cccc(Cl)c1. The van der Waals surface area contributed by atoms with Crippen molar-refractivity contribution in [2.45, 2.75) is 6.42 Å². The van der Waals surface area contributed by atoms with Crippen molar-refractivity contribution in [3.63, 3.8) is 0 Å². The fraction of sp³-hybridized carbons (Fsp3) is 0.0952. The van der Waals surface area contributed by atoms with Gasteiger partial charge in [-0.25, -0.2) is 4.79 Å². The molecule has 0 spiro atoms. The highest BCUT2D eigenvalue weighted by molar-refractivity contribution is 6.30. The van der Waals surface area contributed by atoms with Gasteiger partial charge in [-0.2, -0.15) is 0 Å². The first-order valence-electron chi connectivity index (χ1n) is 9.43. The first kappa shape index (κ1) is 14.2. The van der Waals surface area contributed by atoms with Crippen LogP contribution in [0.25, 0.3) is 11.1 Å². The molecule has 3 aromatic rings. The highest BCUT2D eigenvalue weighted by Gasteiger charge is 2.08. The van der Waals surface area contributed by atoms with Crippen LogP contribution < -0.4 is 15.8 Å². The van der Waals surface area contributed by atoms with E-state index in [4.69, 9.17) is 26.2 Å². The fourth-order valence-corrected chi connectivity index (χ4v) is 2.93. The van der Waals surface area contributed by atoms with Gasteiger partial charge in [0.2, 0.25) is 0 Å². The molecule has 0 aliphatic rings. The summed E-state index contributed by atoms with van der Waals surface area (Å²) in [6.07, 6.45) is 0.610. The van der Waals surface area contributed by atoms with E-state index in [9.17, 15) is 4.79 Å². The maximum atomic E-state index is 10.9. The quantitative estimate of drug-likeness (QED) is 0.657. The average Bonchev–Trinajstić information content (AvgIpc) is 2.63. The number of halogens is 1. The molecule has 0 aliphatic heterocycles. The number of ether oxygens (including phenoxy) is 1. The molecule has 3 aromatic carbocycles. The van der Waals surface area contributed by atoms with E-state index in [0.29, 0.717) is 22.7 Å². The van der Waals surface area contributed by atoms with E-state index < -0.39 is 13.1 Å². The van der Waals surface area contributed by atoms with Crippen LogP contribution in [0.4, 0.5) is 10.5 Å². The molecule has 2 amide bonds. The van der Waals surface area contributed by atoms with Crippen molar-refractivity contribution in [1.29, 1.82) is 0 Å². The summed E-state index contributed by atoms with van der Waals surface area (Å²) in [5.41, 5.74) is 9.12.